The van der Waals surface area contributed by atoms with E-state index in [9.17, 15) is 5.11 Å². The summed E-state index contributed by atoms with van der Waals surface area (Å²) in [6, 6.07) is 32.3. The molecule has 0 saturated carbocycles. The van der Waals surface area contributed by atoms with E-state index in [1.54, 1.807) is 0 Å². The van der Waals surface area contributed by atoms with Crippen LogP contribution < -0.4 is 0 Å². The first kappa shape index (κ1) is 15.6. The van der Waals surface area contributed by atoms with E-state index in [0.717, 1.165) is 44.1 Å². The SMILES string of the molecule is Oc1c(-c2ccccc2)c(-c2ccccc2)cc2nc3ccccc3cc12. The maximum atomic E-state index is 11.3. The first-order chi connectivity index (χ1) is 13.3. The smallest absolute Gasteiger partial charge is 0.133 e. The van der Waals surface area contributed by atoms with Gasteiger partial charge in [0, 0.05) is 16.3 Å². The summed E-state index contributed by atoms with van der Waals surface area (Å²) in [5.74, 6) is 0.274. The zero-order valence-electron chi connectivity index (χ0n) is 14.6. The molecule has 5 aromatic rings. The topological polar surface area (TPSA) is 33.1 Å². The Bertz CT molecular complexity index is 1260. The Morgan fingerprint density at radius 3 is 1.96 bits per heavy atom. The van der Waals surface area contributed by atoms with E-state index in [2.05, 4.69) is 18.2 Å². The molecule has 0 aliphatic carbocycles. The third-order valence-electron chi connectivity index (χ3n) is 4.94. The molecule has 2 nitrogen and oxygen atoms in total. The van der Waals surface area contributed by atoms with Gasteiger partial charge in [0.1, 0.15) is 5.75 Å². The van der Waals surface area contributed by atoms with Gasteiger partial charge in [0.25, 0.3) is 0 Å². The summed E-state index contributed by atoms with van der Waals surface area (Å²) in [4.78, 5) is 4.80. The van der Waals surface area contributed by atoms with Crippen molar-refractivity contribution in [2.45, 2.75) is 0 Å². The van der Waals surface area contributed by atoms with Crippen LogP contribution in [0, 0.1) is 0 Å². The van der Waals surface area contributed by atoms with Crippen molar-refractivity contribution in [3.8, 4) is 28.0 Å². The van der Waals surface area contributed by atoms with Gasteiger partial charge in [-0.15, -0.1) is 0 Å². The number of hydrogen-bond acceptors (Lipinski definition) is 2. The van der Waals surface area contributed by atoms with Gasteiger partial charge in [-0.3, -0.25) is 0 Å². The number of pyridine rings is 1. The fourth-order valence-electron chi connectivity index (χ4n) is 3.64. The highest BCUT2D eigenvalue weighted by atomic mass is 16.3. The van der Waals surface area contributed by atoms with Crippen LogP contribution in [-0.2, 0) is 0 Å². The summed E-state index contributed by atoms with van der Waals surface area (Å²) in [6.07, 6.45) is 0. The zero-order valence-corrected chi connectivity index (χ0v) is 14.6. The van der Waals surface area contributed by atoms with E-state index in [1.165, 1.54) is 0 Å². The fraction of sp³-hybridized carbons (Fsp3) is 0. The number of phenolic OH excluding ortho intramolecular Hbond substituents is 1. The Hall–Kier alpha value is -3.65. The largest absolute Gasteiger partial charge is 0.507 e. The molecule has 0 saturated heterocycles. The summed E-state index contributed by atoms with van der Waals surface area (Å²) in [5, 5.41) is 13.1. The third-order valence-corrected chi connectivity index (χ3v) is 4.94. The Kier molecular flexibility index (Phi) is 3.61. The molecule has 0 atom stereocenters. The van der Waals surface area contributed by atoms with Gasteiger partial charge in [-0.1, -0.05) is 78.9 Å². The molecule has 0 radical (unpaired) electrons. The van der Waals surface area contributed by atoms with E-state index in [-0.39, 0.29) is 5.75 Å². The summed E-state index contributed by atoms with van der Waals surface area (Å²) < 4.78 is 0. The summed E-state index contributed by atoms with van der Waals surface area (Å²) in [6.45, 7) is 0. The van der Waals surface area contributed by atoms with E-state index >= 15 is 0 Å². The first-order valence-electron chi connectivity index (χ1n) is 8.97. The van der Waals surface area contributed by atoms with Gasteiger partial charge >= 0.3 is 0 Å². The Morgan fingerprint density at radius 2 is 1.22 bits per heavy atom. The van der Waals surface area contributed by atoms with Crippen LogP contribution in [0.1, 0.15) is 0 Å². The summed E-state index contributed by atoms with van der Waals surface area (Å²) >= 11 is 0. The van der Waals surface area contributed by atoms with Crippen molar-refractivity contribution >= 4 is 21.8 Å². The van der Waals surface area contributed by atoms with E-state index in [4.69, 9.17) is 4.98 Å². The second kappa shape index (κ2) is 6.26. The highest BCUT2D eigenvalue weighted by molar-refractivity contribution is 6.04. The van der Waals surface area contributed by atoms with E-state index in [0.29, 0.717) is 0 Å². The van der Waals surface area contributed by atoms with Crippen LogP contribution >= 0.6 is 0 Å². The number of fused-ring (bicyclic) bond motifs is 2. The van der Waals surface area contributed by atoms with Crippen LogP contribution in [0.5, 0.6) is 5.75 Å². The number of hydrogen-bond donors (Lipinski definition) is 1. The molecular weight excluding hydrogens is 330 g/mol. The molecule has 1 N–H and O–H groups in total. The lowest BCUT2D eigenvalue weighted by Crippen LogP contribution is -1.91. The molecule has 1 heterocycles. The molecule has 0 bridgehead atoms. The molecule has 0 unspecified atom stereocenters. The van der Waals surface area contributed by atoms with Gasteiger partial charge in [-0.25, -0.2) is 4.98 Å². The Morgan fingerprint density at radius 1 is 0.593 bits per heavy atom. The molecule has 128 valence electrons. The number of phenols is 1. The van der Waals surface area contributed by atoms with Crippen molar-refractivity contribution in [3.05, 3.63) is 97.1 Å². The van der Waals surface area contributed by atoms with Gasteiger partial charge in [0.05, 0.1) is 11.0 Å². The first-order valence-corrected chi connectivity index (χ1v) is 8.97. The number of aromatic nitrogens is 1. The van der Waals surface area contributed by atoms with Crippen LogP contribution in [0.25, 0.3) is 44.1 Å². The molecule has 4 aromatic carbocycles. The van der Waals surface area contributed by atoms with Crippen molar-refractivity contribution in [2.75, 3.05) is 0 Å². The van der Waals surface area contributed by atoms with Gasteiger partial charge in [-0.05, 0) is 34.9 Å². The molecule has 0 aliphatic rings. The normalized spacial score (nSPS) is 11.1. The minimum atomic E-state index is 0.274. The number of rotatable bonds is 2. The molecule has 0 spiro atoms. The van der Waals surface area contributed by atoms with E-state index < -0.39 is 0 Å². The molecule has 1 aromatic heterocycles. The molecule has 0 aliphatic heterocycles. The van der Waals surface area contributed by atoms with Crippen LogP contribution in [0.2, 0.25) is 0 Å². The van der Waals surface area contributed by atoms with Gasteiger partial charge in [0.2, 0.25) is 0 Å². The van der Waals surface area contributed by atoms with Crippen molar-refractivity contribution < 1.29 is 5.11 Å². The van der Waals surface area contributed by atoms with Gasteiger partial charge in [0.15, 0.2) is 0 Å². The number of benzene rings is 4. The minimum absolute atomic E-state index is 0.274. The Balaban J connectivity index is 1.92. The quantitative estimate of drug-likeness (QED) is 0.373. The number of nitrogens with zero attached hydrogens (tertiary/aromatic N) is 1. The second-order valence-electron chi connectivity index (χ2n) is 6.63. The number of para-hydroxylation sites is 1. The minimum Gasteiger partial charge on any atom is -0.507 e. The van der Waals surface area contributed by atoms with Crippen LogP contribution in [0.4, 0.5) is 0 Å². The van der Waals surface area contributed by atoms with Crippen molar-refractivity contribution in [3.63, 3.8) is 0 Å². The van der Waals surface area contributed by atoms with Crippen molar-refractivity contribution in [2.24, 2.45) is 0 Å². The molecule has 0 amide bonds. The van der Waals surface area contributed by atoms with Gasteiger partial charge < -0.3 is 5.11 Å². The lowest BCUT2D eigenvalue weighted by atomic mass is 9.91. The molecule has 5 rings (SSSR count). The highest BCUT2D eigenvalue weighted by Crippen LogP contribution is 2.43. The molecular formula is C25H17NO. The zero-order chi connectivity index (χ0) is 18.2. The van der Waals surface area contributed by atoms with Crippen LogP contribution in [0.3, 0.4) is 0 Å². The average molecular weight is 347 g/mol. The Labute approximate surface area is 157 Å². The summed E-state index contributed by atoms with van der Waals surface area (Å²) in [5.41, 5.74) is 5.59. The van der Waals surface area contributed by atoms with Crippen LogP contribution in [-0.4, -0.2) is 10.1 Å². The molecule has 0 fully saturated rings. The third kappa shape index (κ3) is 2.63. The van der Waals surface area contributed by atoms with Crippen molar-refractivity contribution in [1.82, 2.24) is 4.98 Å². The maximum absolute atomic E-state index is 11.3. The van der Waals surface area contributed by atoms with Gasteiger partial charge in [-0.2, -0.15) is 0 Å². The molecule has 2 heteroatoms. The number of aromatic hydroxyl groups is 1. The lowest BCUT2D eigenvalue weighted by Gasteiger charge is -2.15. The molecule has 27 heavy (non-hydrogen) atoms. The predicted octanol–water partition coefficient (Wildman–Crippen LogP) is 6.43. The predicted molar refractivity (Wildman–Crippen MR) is 112 cm³/mol. The standard InChI is InChI=1S/C25H17NO/c27-25-21-15-19-13-7-8-14-22(19)26-23(21)16-20(17-9-3-1-4-10-17)24(25)18-11-5-2-6-12-18/h1-16,27H. The maximum Gasteiger partial charge on any atom is 0.133 e. The fourth-order valence-corrected chi connectivity index (χ4v) is 3.64. The second-order valence-corrected chi connectivity index (χ2v) is 6.63. The highest BCUT2D eigenvalue weighted by Gasteiger charge is 2.17. The average Bonchev–Trinajstić information content (AvgIpc) is 2.74. The monoisotopic (exact) mass is 347 g/mol. The lowest BCUT2D eigenvalue weighted by molar-refractivity contribution is 0.484. The van der Waals surface area contributed by atoms with Crippen molar-refractivity contribution in [1.29, 1.82) is 0 Å². The van der Waals surface area contributed by atoms with Crippen LogP contribution in [0.15, 0.2) is 97.1 Å². The summed E-state index contributed by atoms with van der Waals surface area (Å²) in [7, 11) is 0. The van der Waals surface area contributed by atoms with E-state index in [1.807, 2.05) is 78.9 Å².